The van der Waals surface area contributed by atoms with Gasteiger partial charge in [-0.15, -0.1) is 11.3 Å². The molecular weight excluding hydrogens is 350 g/mol. The van der Waals surface area contributed by atoms with E-state index in [1.165, 1.54) is 11.3 Å². The summed E-state index contributed by atoms with van der Waals surface area (Å²) < 4.78 is 1.02. The Hall–Kier alpha value is -1.46. The maximum absolute atomic E-state index is 12.1. The molecule has 1 heterocycles. The molecule has 0 aliphatic rings. The zero-order valence-electron chi connectivity index (χ0n) is 11.7. The van der Waals surface area contributed by atoms with E-state index in [1.54, 1.807) is 18.0 Å². The van der Waals surface area contributed by atoms with Crippen LogP contribution < -0.4 is 0 Å². The van der Waals surface area contributed by atoms with Gasteiger partial charge in [-0.3, -0.25) is 9.59 Å². The van der Waals surface area contributed by atoms with E-state index in [9.17, 15) is 9.59 Å². The van der Waals surface area contributed by atoms with Crippen LogP contribution in [0, 0.1) is 0 Å². The fraction of sp³-hybridized carbons (Fsp3) is 0.250. The normalized spacial score (nSPS) is 10.4. The lowest BCUT2D eigenvalue weighted by molar-refractivity contribution is -0.130. The monoisotopic (exact) mass is 365 g/mol. The van der Waals surface area contributed by atoms with E-state index in [1.807, 2.05) is 35.7 Å². The van der Waals surface area contributed by atoms with Crippen LogP contribution in [0.4, 0.5) is 0 Å². The van der Waals surface area contributed by atoms with Gasteiger partial charge in [0.25, 0.3) is 0 Å². The van der Waals surface area contributed by atoms with Crippen molar-refractivity contribution in [2.75, 3.05) is 7.05 Å². The van der Waals surface area contributed by atoms with Gasteiger partial charge in [0.1, 0.15) is 0 Å². The fourth-order valence-electron chi connectivity index (χ4n) is 1.92. The highest BCUT2D eigenvalue weighted by molar-refractivity contribution is 9.10. The number of nitrogens with zero attached hydrogens (tertiary/aromatic N) is 1. The summed E-state index contributed by atoms with van der Waals surface area (Å²) >= 11 is 4.80. The Balaban J connectivity index is 1.82. The first kappa shape index (κ1) is 15.9. The topological polar surface area (TPSA) is 37.4 Å². The zero-order chi connectivity index (χ0) is 15.2. The number of benzene rings is 1. The van der Waals surface area contributed by atoms with Crippen molar-refractivity contribution >= 4 is 39.0 Å². The molecule has 0 saturated carbocycles. The van der Waals surface area contributed by atoms with E-state index < -0.39 is 0 Å². The number of thiophene rings is 1. The average Bonchev–Trinajstić information content (AvgIpc) is 3.01. The molecule has 1 aromatic heterocycles. The highest BCUT2D eigenvalue weighted by Gasteiger charge is 2.13. The predicted octanol–water partition coefficient (Wildman–Crippen LogP) is 4.13. The highest BCUT2D eigenvalue weighted by atomic mass is 79.9. The number of rotatable bonds is 6. The molecule has 1 amide bonds. The molecule has 0 radical (unpaired) electrons. The van der Waals surface area contributed by atoms with Crippen LogP contribution in [-0.4, -0.2) is 23.6 Å². The number of hydrogen-bond donors (Lipinski definition) is 0. The van der Waals surface area contributed by atoms with Crippen LogP contribution in [0.5, 0.6) is 0 Å². The average molecular weight is 366 g/mol. The number of carbonyl (C=O) groups excluding carboxylic acids is 2. The van der Waals surface area contributed by atoms with Gasteiger partial charge in [-0.25, -0.2) is 0 Å². The summed E-state index contributed by atoms with van der Waals surface area (Å²) in [5.41, 5.74) is 1.07. The van der Waals surface area contributed by atoms with Crippen molar-refractivity contribution < 1.29 is 9.59 Å². The number of ketones is 1. The molecule has 110 valence electrons. The zero-order valence-corrected chi connectivity index (χ0v) is 14.1. The van der Waals surface area contributed by atoms with Gasteiger partial charge in [-0.1, -0.05) is 34.1 Å². The minimum atomic E-state index is -0.0113. The summed E-state index contributed by atoms with van der Waals surface area (Å²) in [6, 6.07) is 11.5. The van der Waals surface area contributed by atoms with E-state index in [-0.39, 0.29) is 24.5 Å². The van der Waals surface area contributed by atoms with Crippen molar-refractivity contribution in [1.29, 1.82) is 0 Å². The van der Waals surface area contributed by atoms with Gasteiger partial charge in [0.2, 0.25) is 5.91 Å². The van der Waals surface area contributed by atoms with Crippen molar-refractivity contribution in [1.82, 2.24) is 4.90 Å². The molecule has 2 rings (SSSR count). The molecule has 21 heavy (non-hydrogen) atoms. The molecule has 0 N–H and O–H groups in total. The summed E-state index contributed by atoms with van der Waals surface area (Å²) in [5.74, 6) is 0.0261. The summed E-state index contributed by atoms with van der Waals surface area (Å²) in [5, 5.41) is 1.87. The summed E-state index contributed by atoms with van der Waals surface area (Å²) in [4.78, 5) is 26.3. The predicted molar refractivity (Wildman–Crippen MR) is 88.5 cm³/mol. The lowest BCUT2D eigenvalue weighted by Gasteiger charge is -2.17. The fourth-order valence-corrected chi connectivity index (χ4v) is 2.88. The number of halogens is 1. The van der Waals surface area contributed by atoms with Gasteiger partial charge < -0.3 is 4.90 Å². The van der Waals surface area contributed by atoms with Gasteiger partial charge in [0, 0.05) is 30.9 Å². The molecule has 0 unspecified atom stereocenters. The molecule has 0 fully saturated rings. The maximum Gasteiger partial charge on any atom is 0.223 e. The van der Waals surface area contributed by atoms with E-state index in [0.717, 1.165) is 14.9 Å². The molecular formula is C16H16BrNO2S. The SMILES string of the molecule is CN(Cc1ccc(Br)cc1)C(=O)CCC(=O)c1cccs1. The molecule has 2 aromatic rings. The van der Waals surface area contributed by atoms with E-state index in [4.69, 9.17) is 0 Å². The van der Waals surface area contributed by atoms with Crippen LogP contribution in [-0.2, 0) is 11.3 Å². The lowest BCUT2D eigenvalue weighted by atomic mass is 10.1. The van der Waals surface area contributed by atoms with Crippen LogP contribution in [0.25, 0.3) is 0 Å². The third kappa shape index (κ3) is 4.79. The Bertz CT molecular complexity index is 608. The first-order chi connectivity index (χ1) is 10.1. The van der Waals surface area contributed by atoms with Gasteiger partial charge >= 0.3 is 0 Å². The highest BCUT2D eigenvalue weighted by Crippen LogP contribution is 2.14. The quantitative estimate of drug-likeness (QED) is 0.721. The van der Waals surface area contributed by atoms with Crippen molar-refractivity contribution in [2.24, 2.45) is 0 Å². The number of Topliss-reactive ketones (excluding diaryl/α,β-unsaturated/α-hetero) is 1. The van der Waals surface area contributed by atoms with Crippen molar-refractivity contribution in [3.05, 3.63) is 56.7 Å². The van der Waals surface area contributed by atoms with E-state index in [0.29, 0.717) is 6.54 Å². The Morgan fingerprint density at radius 3 is 2.48 bits per heavy atom. The van der Waals surface area contributed by atoms with Gasteiger partial charge in [-0.05, 0) is 29.1 Å². The number of hydrogen-bond acceptors (Lipinski definition) is 3. The van der Waals surface area contributed by atoms with Crippen molar-refractivity contribution in [3.8, 4) is 0 Å². The smallest absolute Gasteiger partial charge is 0.223 e. The van der Waals surface area contributed by atoms with Crippen molar-refractivity contribution in [2.45, 2.75) is 19.4 Å². The van der Waals surface area contributed by atoms with Gasteiger partial charge in [0.05, 0.1) is 4.88 Å². The molecule has 0 aliphatic carbocycles. The number of amides is 1. The van der Waals surface area contributed by atoms with Crippen LogP contribution in [0.15, 0.2) is 46.3 Å². The first-order valence-electron chi connectivity index (χ1n) is 6.61. The summed E-state index contributed by atoms with van der Waals surface area (Å²) in [6.07, 6.45) is 0.522. The minimum absolute atomic E-state index is 0.0113. The van der Waals surface area contributed by atoms with Crippen LogP contribution in [0.2, 0.25) is 0 Å². The van der Waals surface area contributed by atoms with Gasteiger partial charge in [-0.2, -0.15) is 0 Å². The van der Waals surface area contributed by atoms with E-state index in [2.05, 4.69) is 15.9 Å². The van der Waals surface area contributed by atoms with Gasteiger partial charge in [0.15, 0.2) is 5.78 Å². The standard InChI is InChI=1S/C16H16BrNO2S/c1-18(11-12-4-6-13(17)7-5-12)16(20)9-8-14(19)15-3-2-10-21-15/h2-7,10H,8-9,11H2,1H3. The molecule has 3 nitrogen and oxygen atoms in total. The Kier molecular flexibility index (Phi) is 5.70. The third-order valence-electron chi connectivity index (χ3n) is 3.12. The third-order valence-corrected chi connectivity index (χ3v) is 4.56. The Labute approximate surface area is 136 Å². The first-order valence-corrected chi connectivity index (χ1v) is 8.28. The second-order valence-electron chi connectivity index (χ2n) is 4.78. The summed E-state index contributed by atoms with van der Waals surface area (Å²) in [6.45, 7) is 0.555. The van der Waals surface area contributed by atoms with Crippen molar-refractivity contribution in [3.63, 3.8) is 0 Å². The molecule has 0 bridgehead atoms. The molecule has 5 heteroatoms. The van der Waals surface area contributed by atoms with E-state index >= 15 is 0 Å². The second-order valence-corrected chi connectivity index (χ2v) is 6.64. The van der Waals surface area contributed by atoms with Crippen LogP contribution >= 0.6 is 27.3 Å². The van der Waals surface area contributed by atoms with Crippen LogP contribution in [0.1, 0.15) is 28.1 Å². The molecule has 0 saturated heterocycles. The Morgan fingerprint density at radius 2 is 1.86 bits per heavy atom. The largest absolute Gasteiger partial charge is 0.341 e. The molecule has 0 spiro atoms. The Morgan fingerprint density at radius 1 is 1.14 bits per heavy atom. The van der Waals surface area contributed by atoms with Crippen LogP contribution in [0.3, 0.4) is 0 Å². The molecule has 0 atom stereocenters. The lowest BCUT2D eigenvalue weighted by Crippen LogP contribution is -2.26. The second kappa shape index (κ2) is 7.52. The number of carbonyl (C=O) groups is 2. The summed E-state index contributed by atoms with van der Waals surface area (Å²) in [7, 11) is 1.76. The maximum atomic E-state index is 12.1. The minimum Gasteiger partial charge on any atom is -0.341 e. The molecule has 0 aliphatic heterocycles. The molecule has 1 aromatic carbocycles.